The molecule has 4 rings (SSSR count). The average molecular weight is 334 g/mol. The van der Waals surface area contributed by atoms with E-state index in [1.165, 1.54) is 0 Å². The van der Waals surface area contributed by atoms with E-state index >= 15 is 0 Å². The molecule has 0 bridgehead atoms. The van der Waals surface area contributed by atoms with E-state index < -0.39 is 5.91 Å². The molecule has 1 aromatic heterocycles. The number of amides is 2. The number of para-hydroxylation sites is 1. The zero-order valence-electron chi connectivity index (χ0n) is 13.6. The number of rotatable bonds is 5. The van der Waals surface area contributed by atoms with Gasteiger partial charge >= 0.3 is 0 Å². The van der Waals surface area contributed by atoms with Gasteiger partial charge in [0.25, 0.3) is 5.91 Å². The summed E-state index contributed by atoms with van der Waals surface area (Å²) in [4.78, 5) is 26.0. The standard InChI is InChI=1S/C20H18N2O3/c21-19(23)14-7-5-13(6-8-14)12-22(16-9-10-16)20(24)18-11-15-3-1-2-4-17(15)25-18/h1-8,11,16H,9-10,12H2,(H2,21,23). The van der Waals surface area contributed by atoms with E-state index in [0.717, 1.165) is 23.8 Å². The summed E-state index contributed by atoms with van der Waals surface area (Å²) in [7, 11) is 0. The van der Waals surface area contributed by atoms with Crippen LogP contribution in [0.4, 0.5) is 0 Å². The minimum atomic E-state index is -0.455. The van der Waals surface area contributed by atoms with Crippen LogP contribution in [0.5, 0.6) is 0 Å². The van der Waals surface area contributed by atoms with Crippen LogP contribution >= 0.6 is 0 Å². The largest absolute Gasteiger partial charge is 0.451 e. The summed E-state index contributed by atoms with van der Waals surface area (Å²) in [5.41, 5.74) is 7.41. The summed E-state index contributed by atoms with van der Waals surface area (Å²) in [5.74, 6) is -0.191. The predicted molar refractivity (Wildman–Crippen MR) is 94.1 cm³/mol. The zero-order chi connectivity index (χ0) is 17.4. The van der Waals surface area contributed by atoms with Crippen LogP contribution in [0.2, 0.25) is 0 Å². The van der Waals surface area contributed by atoms with Gasteiger partial charge in [-0.25, -0.2) is 0 Å². The molecule has 1 aliphatic carbocycles. The highest BCUT2D eigenvalue weighted by atomic mass is 16.3. The van der Waals surface area contributed by atoms with Crippen molar-refractivity contribution in [2.45, 2.75) is 25.4 Å². The smallest absolute Gasteiger partial charge is 0.290 e. The van der Waals surface area contributed by atoms with Gasteiger partial charge in [-0.1, -0.05) is 30.3 Å². The second kappa shape index (κ2) is 6.09. The number of carbonyl (C=O) groups excluding carboxylic acids is 2. The molecule has 2 amide bonds. The van der Waals surface area contributed by atoms with E-state index in [1.807, 2.05) is 41.3 Å². The van der Waals surface area contributed by atoms with Gasteiger partial charge in [-0.2, -0.15) is 0 Å². The molecule has 0 aliphatic heterocycles. The Kier molecular flexibility index (Phi) is 3.76. The van der Waals surface area contributed by atoms with Gasteiger partial charge in [-0.15, -0.1) is 0 Å². The fourth-order valence-electron chi connectivity index (χ4n) is 2.95. The number of fused-ring (bicyclic) bond motifs is 1. The third-order valence-corrected chi connectivity index (χ3v) is 4.48. The molecular weight excluding hydrogens is 316 g/mol. The number of hydrogen-bond donors (Lipinski definition) is 1. The van der Waals surface area contributed by atoms with E-state index in [4.69, 9.17) is 10.2 Å². The van der Waals surface area contributed by atoms with Crippen LogP contribution in [0.3, 0.4) is 0 Å². The first-order valence-electron chi connectivity index (χ1n) is 8.30. The van der Waals surface area contributed by atoms with Gasteiger partial charge in [0.05, 0.1) is 0 Å². The molecule has 1 fully saturated rings. The molecular formula is C20H18N2O3. The molecule has 25 heavy (non-hydrogen) atoms. The minimum Gasteiger partial charge on any atom is -0.451 e. The third kappa shape index (κ3) is 3.13. The molecule has 0 unspecified atom stereocenters. The van der Waals surface area contributed by atoms with Crippen molar-refractivity contribution in [1.82, 2.24) is 4.90 Å². The molecule has 5 nitrogen and oxygen atoms in total. The van der Waals surface area contributed by atoms with Gasteiger partial charge in [0.15, 0.2) is 5.76 Å². The Morgan fingerprint density at radius 1 is 1.08 bits per heavy atom. The fourth-order valence-corrected chi connectivity index (χ4v) is 2.95. The van der Waals surface area contributed by atoms with Crippen LogP contribution in [-0.4, -0.2) is 22.8 Å². The average Bonchev–Trinajstić information content (AvgIpc) is 3.37. The highest BCUT2D eigenvalue weighted by molar-refractivity contribution is 5.96. The first kappa shape index (κ1) is 15.4. The predicted octanol–water partition coefficient (Wildman–Crippen LogP) is 3.34. The number of carbonyl (C=O) groups is 2. The Morgan fingerprint density at radius 3 is 2.44 bits per heavy atom. The van der Waals surface area contributed by atoms with E-state index in [-0.39, 0.29) is 11.9 Å². The van der Waals surface area contributed by atoms with Gasteiger partial charge in [0, 0.05) is 23.5 Å². The lowest BCUT2D eigenvalue weighted by molar-refractivity contribution is 0.0699. The number of furan rings is 1. The zero-order valence-corrected chi connectivity index (χ0v) is 13.6. The fraction of sp³-hybridized carbons (Fsp3) is 0.200. The number of nitrogens with two attached hydrogens (primary N) is 1. The Hall–Kier alpha value is -3.08. The monoisotopic (exact) mass is 334 g/mol. The van der Waals surface area contributed by atoms with Crippen molar-refractivity contribution >= 4 is 22.8 Å². The van der Waals surface area contributed by atoms with Crippen LogP contribution in [0.1, 0.15) is 39.3 Å². The Balaban J connectivity index is 1.58. The van der Waals surface area contributed by atoms with Crippen molar-refractivity contribution in [2.24, 2.45) is 5.73 Å². The number of primary amides is 1. The Bertz CT molecular complexity index is 906. The van der Waals surface area contributed by atoms with Gasteiger partial charge in [0.1, 0.15) is 5.58 Å². The van der Waals surface area contributed by atoms with Crippen molar-refractivity contribution in [1.29, 1.82) is 0 Å². The maximum absolute atomic E-state index is 12.9. The highest BCUT2D eigenvalue weighted by Gasteiger charge is 2.34. The number of nitrogens with zero attached hydrogens (tertiary/aromatic N) is 1. The molecule has 5 heteroatoms. The van der Waals surface area contributed by atoms with E-state index in [2.05, 4.69) is 0 Å². The van der Waals surface area contributed by atoms with E-state index in [1.54, 1.807) is 18.2 Å². The second-order valence-corrected chi connectivity index (χ2v) is 6.37. The first-order chi connectivity index (χ1) is 12.1. The maximum Gasteiger partial charge on any atom is 0.290 e. The normalized spacial score (nSPS) is 13.8. The second-order valence-electron chi connectivity index (χ2n) is 6.37. The van der Waals surface area contributed by atoms with Crippen LogP contribution in [0.25, 0.3) is 11.0 Å². The maximum atomic E-state index is 12.9. The lowest BCUT2D eigenvalue weighted by Crippen LogP contribution is -2.32. The molecule has 1 heterocycles. The van der Waals surface area contributed by atoms with Crippen LogP contribution in [0, 0.1) is 0 Å². The summed E-state index contributed by atoms with van der Waals surface area (Å²) in [6.07, 6.45) is 2.01. The quantitative estimate of drug-likeness (QED) is 0.777. The lowest BCUT2D eigenvalue weighted by Gasteiger charge is -2.21. The molecule has 126 valence electrons. The Morgan fingerprint density at radius 2 is 1.80 bits per heavy atom. The first-order valence-corrected chi connectivity index (χ1v) is 8.30. The molecule has 1 aliphatic rings. The molecule has 0 spiro atoms. The third-order valence-electron chi connectivity index (χ3n) is 4.48. The summed E-state index contributed by atoms with van der Waals surface area (Å²) >= 11 is 0. The highest BCUT2D eigenvalue weighted by Crippen LogP contribution is 2.31. The SMILES string of the molecule is NC(=O)c1ccc(CN(C(=O)c2cc3ccccc3o2)C2CC2)cc1. The molecule has 2 aromatic carbocycles. The molecule has 2 N–H and O–H groups in total. The van der Waals surface area contributed by atoms with Crippen LogP contribution < -0.4 is 5.73 Å². The molecule has 1 saturated carbocycles. The summed E-state index contributed by atoms with van der Waals surface area (Å²) < 4.78 is 5.72. The van der Waals surface area contributed by atoms with Crippen LogP contribution in [0.15, 0.2) is 59.0 Å². The molecule has 0 saturated heterocycles. The molecule has 0 atom stereocenters. The summed E-state index contributed by atoms with van der Waals surface area (Å²) in [6.45, 7) is 0.486. The van der Waals surface area contributed by atoms with Crippen molar-refractivity contribution in [3.63, 3.8) is 0 Å². The van der Waals surface area contributed by atoms with Gasteiger partial charge in [-0.3, -0.25) is 9.59 Å². The van der Waals surface area contributed by atoms with Crippen molar-refractivity contribution in [3.8, 4) is 0 Å². The molecule has 3 aromatic rings. The van der Waals surface area contributed by atoms with Gasteiger partial charge in [-0.05, 0) is 42.7 Å². The van der Waals surface area contributed by atoms with Crippen molar-refractivity contribution in [2.75, 3.05) is 0 Å². The summed E-state index contributed by atoms with van der Waals surface area (Å²) in [5, 5.41) is 0.924. The summed E-state index contributed by atoms with van der Waals surface area (Å²) in [6, 6.07) is 16.7. The minimum absolute atomic E-state index is 0.0994. The topological polar surface area (TPSA) is 76.5 Å². The van der Waals surface area contributed by atoms with Crippen molar-refractivity contribution in [3.05, 3.63) is 71.5 Å². The molecule has 0 radical (unpaired) electrons. The lowest BCUT2D eigenvalue weighted by atomic mass is 10.1. The van der Waals surface area contributed by atoms with Gasteiger partial charge < -0.3 is 15.1 Å². The van der Waals surface area contributed by atoms with E-state index in [0.29, 0.717) is 23.5 Å². The number of hydrogen-bond acceptors (Lipinski definition) is 3. The van der Waals surface area contributed by atoms with Gasteiger partial charge in [0.2, 0.25) is 5.91 Å². The van der Waals surface area contributed by atoms with E-state index in [9.17, 15) is 9.59 Å². The Labute approximate surface area is 145 Å². The van der Waals surface area contributed by atoms with Crippen LogP contribution in [-0.2, 0) is 6.54 Å². The number of benzene rings is 2. The van der Waals surface area contributed by atoms with Crippen molar-refractivity contribution < 1.29 is 14.0 Å².